The topological polar surface area (TPSA) is 167 Å². The number of carbonyl (C=O) groups is 6. The zero-order valence-electron chi connectivity index (χ0n) is 50.0. The molecule has 0 aromatic heterocycles. The summed E-state index contributed by atoms with van der Waals surface area (Å²) >= 11 is 0. The van der Waals surface area contributed by atoms with E-state index in [-0.39, 0.29) is 69.0 Å². The monoisotopic (exact) mass is 1150 g/mol. The second-order valence-corrected chi connectivity index (χ2v) is 22.0. The van der Waals surface area contributed by atoms with E-state index in [1.54, 1.807) is 32.9 Å². The zero-order valence-corrected chi connectivity index (χ0v) is 50.0. The van der Waals surface area contributed by atoms with Gasteiger partial charge >= 0.3 is 23.9 Å². The van der Waals surface area contributed by atoms with Crippen LogP contribution in [-0.2, 0) is 76.5 Å². The Morgan fingerprint density at radius 3 is 1.60 bits per heavy atom. The van der Waals surface area contributed by atoms with Crippen LogP contribution in [0.15, 0.2) is 91.0 Å². The largest absolute Gasteiger partial charge is 0.492 e. The molecule has 83 heavy (non-hydrogen) atoms. The Kier molecular flexibility index (Phi) is 27.5. The maximum Gasteiger partial charge on any atom is 0.374 e. The molecule has 1 fully saturated rings. The number of halogens is 2. The molecule has 0 amide bonds. The minimum Gasteiger partial charge on any atom is -0.492 e. The van der Waals surface area contributed by atoms with Gasteiger partial charge in [-0.15, -0.1) is 0 Å². The van der Waals surface area contributed by atoms with E-state index in [1.165, 1.54) is 70.4 Å². The van der Waals surface area contributed by atoms with Gasteiger partial charge in [0, 0.05) is 38.2 Å². The molecule has 4 aromatic carbocycles. The van der Waals surface area contributed by atoms with Crippen molar-refractivity contribution in [3.8, 4) is 39.1 Å². The van der Waals surface area contributed by atoms with E-state index < -0.39 is 65.7 Å². The van der Waals surface area contributed by atoms with Crippen LogP contribution in [0.25, 0.3) is 33.4 Å². The molecule has 1 aliphatic carbocycles. The molecule has 4 aromatic rings. The number of carbonyl (C=O) groups excluding carboxylic acids is 6. The van der Waals surface area contributed by atoms with Gasteiger partial charge in [0.05, 0.1) is 37.4 Å². The molecule has 450 valence electrons. The molecule has 13 nitrogen and oxygen atoms in total. The Balaban J connectivity index is 1.53. The number of hydrogen-bond acceptors (Lipinski definition) is 13. The second-order valence-electron chi connectivity index (χ2n) is 22.0. The van der Waals surface area contributed by atoms with Crippen molar-refractivity contribution in [2.24, 2.45) is 11.3 Å². The van der Waals surface area contributed by atoms with Gasteiger partial charge in [0.2, 0.25) is 11.6 Å². The van der Waals surface area contributed by atoms with E-state index in [9.17, 15) is 28.8 Å². The Hall–Kier alpha value is -6.84. The van der Waals surface area contributed by atoms with Crippen LogP contribution < -0.4 is 4.74 Å². The average Bonchev–Trinajstić information content (AvgIpc) is 3.66. The first-order valence-electron chi connectivity index (χ1n) is 29.4. The number of esters is 4. The van der Waals surface area contributed by atoms with Gasteiger partial charge in [-0.2, -0.15) is 0 Å². The molecule has 0 saturated heterocycles. The summed E-state index contributed by atoms with van der Waals surface area (Å²) in [6.07, 6.45) is 12.2. The quantitative estimate of drug-likeness (QED) is 0.0139. The van der Waals surface area contributed by atoms with Crippen molar-refractivity contribution >= 4 is 35.4 Å². The second kappa shape index (κ2) is 34.1. The van der Waals surface area contributed by atoms with Gasteiger partial charge < -0.3 is 33.2 Å². The highest BCUT2D eigenvalue weighted by atomic mass is 19.1. The lowest BCUT2D eigenvalue weighted by atomic mass is 9.77. The van der Waals surface area contributed by atoms with E-state index in [4.69, 9.17) is 33.2 Å². The SMILES string of the molecule is C=C(C)C(=O)OCCCCc1cc(-c2ccc(-c3c(F)cc(-c4ccc(C5CCC(CCCCC)CC5)cc4)cc3F)cc2CC)cc(CCCOC(=O)C(=C)C)c1OCC(CC)(COC(=O)C(=O)CCOC)COC(=O)C(=O)CCOC. The maximum absolute atomic E-state index is 16.4. The van der Waals surface area contributed by atoms with Crippen molar-refractivity contribution in [3.05, 3.63) is 125 Å². The summed E-state index contributed by atoms with van der Waals surface area (Å²) in [5, 5.41) is 0. The highest BCUT2D eigenvalue weighted by Crippen LogP contribution is 2.41. The van der Waals surface area contributed by atoms with Crippen molar-refractivity contribution in [1.82, 2.24) is 0 Å². The first-order valence-corrected chi connectivity index (χ1v) is 29.4. The lowest BCUT2D eigenvalue weighted by molar-refractivity contribution is -0.164. The summed E-state index contributed by atoms with van der Waals surface area (Å²) in [4.78, 5) is 76.1. The molecule has 1 aliphatic rings. The van der Waals surface area contributed by atoms with Crippen LogP contribution in [0.4, 0.5) is 8.78 Å². The molecule has 0 radical (unpaired) electrons. The molecule has 0 N–H and O–H groups in total. The number of benzene rings is 4. The van der Waals surface area contributed by atoms with Gasteiger partial charge in [-0.3, -0.25) is 9.59 Å². The Morgan fingerprint density at radius 1 is 0.554 bits per heavy atom. The molecule has 0 heterocycles. The number of aryl methyl sites for hydroxylation is 3. The number of Topliss-reactive ketones (excluding diaryl/α,β-unsaturated/α-hetero) is 2. The average molecular weight is 1150 g/mol. The number of ketones is 2. The minimum absolute atomic E-state index is 0.00797. The zero-order chi connectivity index (χ0) is 60.5. The first-order chi connectivity index (χ1) is 39.9. The lowest BCUT2D eigenvalue weighted by Crippen LogP contribution is -2.41. The minimum atomic E-state index is -1.29. The van der Waals surface area contributed by atoms with Crippen LogP contribution in [-0.4, -0.2) is 95.9 Å². The molecular weight excluding hydrogens is 1060 g/mol. The Bertz CT molecular complexity index is 2800. The summed E-state index contributed by atoms with van der Waals surface area (Å²) in [5.41, 5.74) is 5.63. The summed E-state index contributed by atoms with van der Waals surface area (Å²) in [5.74, 6) is -4.60. The van der Waals surface area contributed by atoms with E-state index in [1.807, 2.05) is 37.3 Å². The fourth-order valence-corrected chi connectivity index (χ4v) is 10.3. The molecule has 0 unspecified atom stereocenters. The van der Waals surface area contributed by atoms with Crippen LogP contribution in [0, 0.1) is 23.0 Å². The summed E-state index contributed by atoms with van der Waals surface area (Å²) in [6, 6.07) is 20.2. The first kappa shape index (κ1) is 67.0. The van der Waals surface area contributed by atoms with Crippen LogP contribution in [0.1, 0.15) is 153 Å². The molecule has 15 heteroatoms. The van der Waals surface area contributed by atoms with Crippen LogP contribution in [0.2, 0.25) is 0 Å². The Morgan fingerprint density at radius 2 is 1.08 bits per heavy atom. The number of rotatable bonds is 36. The summed E-state index contributed by atoms with van der Waals surface area (Å²) < 4.78 is 71.6. The van der Waals surface area contributed by atoms with Gasteiger partial charge in [-0.05, 0) is 171 Å². The molecular formula is C68H86F2O13. The van der Waals surface area contributed by atoms with Gasteiger partial charge in [0.25, 0.3) is 0 Å². The summed E-state index contributed by atoms with van der Waals surface area (Å²) in [7, 11) is 2.79. The third kappa shape index (κ3) is 20.2. The fraction of sp³-hybridized carbons (Fsp3) is 0.500. The summed E-state index contributed by atoms with van der Waals surface area (Å²) in [6.45, 7) is 15.5. The van der Waals surface area contributed by atoms with Gasteiger partial charge in [0.15, 0.2) is 0 Å². The van der Waals surface area contributed by atoms with Gasteiger partial charge in [-0.1, -0.05) is 102 Å². The molecule has 0 aliphatic heterocycles. The predicted molar refractivity (Wildman–Crippen MR) is 317 cm³/mol. The third-order valence-corrected chi connectivity index (χ3v) is 15.6. The van der Waals surface area contributed by atoms with Crippen molar-refractivity contribution in [1.29, 1.82) is 0 Å². The number of methoxy groups -OCH3 is 2. The smallest absolute Gasteiger partial charge is 0.374 e. The highest BCUT2D eigenvalue weighted by molar-refractivity contribution is 6.34. The highest BCUT2D eigenvalue weighted by Gasteiger charge is 2.36. The Labute approximate surface area is 489 Å². The predicted octanol–water partition coefficient (Wildman–Crippen LogP) is 13.9. The third-order valence-electron chi connectivity index (χ3n) is 15.6. The van der Waals surface area contributed by atoms with Gasteiger partial charge in [-0.25, -0.2) is 28.0 Å². The van der Waals surface area contributed by atoms with Crippen molar-refractivity contribution < 1.29 is 70.7 Å². The van der Waals surface area contributed by atoms with Crippen molar-refractivity contribution in [3.63, 3.8) is 0 Å². The number of hydrogen-bond donors (Lipinski definition) is 0. The molecule has 1 saturated carbocycles. The van der Waals surface area contributed by atoms with Crippen molar-refractivity contribution in [2.75, 3.05) is 60.5 Å². The molecule has 0 bridgehead atoms. The molecule has 0 spiro atoms. The van der Waals surface area contributed by atoms with E-state index in [0.29, 0.717) is 72.4 Å². The van der Waals surface area contributed by atoms with E-state index in [2.05, 4.69) is 32.2 Å². The van der Waals surface area contributed by atoms with Gasteiger partial charge in [0.1, 0.15) is 37.2 Å². The molecule has 0 atom stereocenters. The fourth-order valence-electron chi connectivity index (χ4n) is 10.3. The normalized spacial score (nSPS) is 14.1. The standard InChI is InChI=1S/C68H86F2O13/c1-10-13-14-18-47-21-23-49(24-22-47)50-25-27-51(28-26-50)55-40-58(69)62(59(70)41-55)52-29-30-57(48(11-2)37-52)56-38-53(19-15-16-33-79-64(73)45(4)5)63(54(39-56)20-17-34-80-65(74)46(6)7)81-42-68(12-3,43-82-66(75)60(71)31-35-77-8)44-83-67(76)61(72)32-36-78-9/h25-30,37-41,47,49H,4,6,10-24,31-36,42-44H2,1-3,5,7-9H3. The van der Waals surface area contributed by atoms with Crippen LogP contribution in [0.5, 0.6) is 5.75 Å². The van der Waals surface area contributed by atoms with Crippen molar-refractivity contribution in [2.45, 2.75) is 150 Å². The van der Waals surface area contributed by atoms with E-state index >= 15 is 8.78 Å². The number of unbranched alkanes of at least 4 members (excludes halogenated alkanes) is 3. The van der Waals surface area contributed by atoms with E-state index in [0.717, 1.165) is 41.0 Å². The maximum atomic E-state index is 16.4. The van der Waals surface area contributed by atoms with Crippen LogP contribution in [0.3, 0.4) is 0 Å². The number of ether oxygens (including phenoxy) is 7. The van der Waals surface area contributed by atoms with Crippen LogP contribution >= 0.6 is 0 Å². The lowest BCUT2D eigenvalue weighted by Gasteiger charge is -2.32. The molecule has 5 rings (SSSR count).